The Kier molecular flexibility index (Phi) is 4.27. The maximum atomic E-state index is 6.37. The first-order chi connectivity index (χ1) is 11.9. The Balaban J connectivity index is 1.43. The van der Waals surface area contributed by atoms with Crippen molar-refractivity contribution in [2.24, 2.45) is 17.8 Å². The van der Waals surface area contributed by atoms with E-state index in [-0.39, 0.29) is 5.41 Å². The average molecular weight is 360 g/mol. The fourth-order valence-corrected chi connectivity index (χ4v) is 4.83. The highest BCUT2D eigenvalue weighted by molar-refractivity contribution is 6.30. The molecule has 0 aliphatic heterocycles. The molecule has 2 bridgehead atoms. The van der Waals surface area contributed by atoms with Crippen molar-refractivity contribution in [2.45, 2.75) is 51.9 Å². The van der Waals surface area contributed by atoms with Gasteiger partial charge in [-0.1, -0.05) is 44.9 Å². The summed E-state index contributed by atoms with van der Waals surface area (Å²) in [6.07, 6.45) is 7.43. The van der Waals surface area contributed by atoms with Gasteiger partial charge in [0.05, 0.1) is 6.61 Å². The number of hydrogen-bond donors (Lipinski definition) is 0. The van der Waals surface area contributed by atoms with E-state index >= 15 is 0 Å². The third-order valence-electron chi connectivity index (χ3n) is 5.77. The van der Waals surface area contributed by atoms with Gasteiger partial charge in [-0.25, -0.2) is 9.67 Å². The van der Waals surface area contributed by atoms with Gasteiger partial charge in [-0.2, -0.15) is 0 Å². The van der Waals surface area contributed by atoms with Gasteiger partial charge in [-0.3, -0.25) is 0 Å². The van der Waals surface area contributed by atoms with Gasteiger partial charge in [0, 0.05) is 12.3 Å². The molecule has 0 N–H and O–H groups in total. The third-order valence-corrected chi connectivity index (χ3v) is 6.06. The van der Waals surface area contributed by atoms with Crippen molar-refractivity contribution in [2.75, 3.05) is 6.61 Å². The lowest BCUT2D eigenvalue weighted by Crippen LogP contribution is -2.18. The van der Waals surface area contributed by atoms with Gasteiger partial charge in [-0.05, 0) is 54.1 Å². The Hall–Kier alpha value is -1.55. The van der Waals surface area contributed by atoms with E-state index in [0.29, 0.717) is 22.8 Å². The molecule has 3 atom stereocenters. The summed E-state index contributed by atoms with van der Waals surface area (Å²) in [5.41, 5.74) is 1.01. The van der Waals surface area contributed by atoms with Gasteiger partial charge in [-0.15, -0.1) is 5.10 Å². The summed E-state index contributed by atoms with van der Waals surface area (Å²) in [4.78, 5) is 4.50. The largest absolute Gasteiger partial charge is 0.476 e. The van der Waals surface area contributed by atoms with Gasteiger partial charge in [0.15, 0.2) is 5.82 Å². The lowest BCUT2D eigenvalue weighted by molar-refractivity contribution is 0.189. The fraction of sp³-hybridized carbons (Fsp3) is 0.600. The molecule has 4 rings (SSSR count). The number of ether oxygens (including phenoxy) is 1. The van der Waals surface area contributed by atoms with Gasteiger partial charge in [0.25, 0.3) is 0 Å². The molecule has 2 fully saturated rings. The zero-order chi connectivity index (χ0) is 17.6. The van der Waals surface area contributed by atoms with Gasteiger partial charge < -0.3 is 4.74 Å². The number of pyridine rings is 1. The number of hydrogen-bond acceptors (Lipinski definition) is 3. The van der Waals surface area contributed by atoms with E-state index in [0.717, 1.165) is 24.0 Å². The van der Waals surface area contributed by atoms with Gasteiger partial charge in [0.2, 0.25) is 5.88 Å². The van der Waals surface area contributed by atoms with Gasteiger partial charge >= 0.3 is 0 Å². The molecule has 2 heterocycles. The molecular formula is C20H26ClN3O. The zero-order valence-electron chi connectivity index (χ0n) is 15.2. The number of fused-ring (bicyclic) bond motifs is 2. The van der Waals surface area contributed by atoms with Crippen molar-refractivity contribution in [1.82, 2.24) is 14.8 Å². The second kappa shape index (κ2) is 6.31. The minimum atomic E-state index is -0.0261. The first-order valence-electron chi connectivity index (χ1n) is 9.26. The highest BCUT2D eigenvalue weighted by Crippen LogP contribution is 2.48. The Morgan fingerprint density at radius 1 is 1.20 bits per heavy atom. The van der Waals surface area contributed by atoms with E-state index < -0.39 is 0 Å². The van der Waals surface area contributed by atoms with Crippen molar-refractivity contribution in [3.8, 4) is 11.7 Å². The lowest BCUT2D eigenvalue weighted by atomic mass is 9.88. The highest BCUT2D eigenvalue weighted by atomic mass is 35.5. The molecule has 0 saturated heterocycles. The smallest absolute Gasteiger partial charge is 0.233 e. The summed E-state index contributed by atoms with van der Waals surface area (Å²) >= 11 is 6.37. The summed E-state index contributed by atoms with van der Waals surface area (Å²) in [7, 11) is 0. The van der Waals surface area contributed by atoms with Crippen molar-refractivity contribution >= 4 is 11.6 Å². The van der Waals surface area contributed by atoms with Crippen LogP contribution in [0.15, 0.2) is 24.4 Å². The van der Waals surface area contributed by atoms with Crippen LogP contribution in [-0.4, -0.2) is 21.4 Å². The molecule has 2 aromatic rings. The number of rotatable bonds is 4. The van der Waals surface area contributed by atoms with Crippen molar-refractivity contribution in [3.63, 3.8) is 0 Å². The molecule has 2 aromatic heterocycles. The van der Waals surface area contributed by atoms with E-state index in [1.54, 1.807) is 4.68 Å². The molecule has 2 aliphatic carbocycles. The first kappa shape index (κ1) is 16.9. The summed E-state index contributed by atoms with van der Waals surface area (Å²) < 4.78 is 7.69. The molecule has 1 unspecified atom stereocenters. The summed E-state index contributed by atoms with van der Waals surface area (Å²) in [5, 5.41) is 5.04. The monoisotopic (exact) mass is 359 g/mol. The average Bonchev–Trinajstić information content (AvgIpc) is 3.28. The van der Waals surface area contributed by atoms with Crippen LogP contribution in [0.4, 0.5) is 0 Å². The fourth-order valence-electron chi connectivity index (χ4n) is 4.40. The predicted molar refractivity (Wildman–Crippen MR) is 99.5 cm³/mol. The van der Waals surface area contributed by atoms with Crippen LogP contribution in [0, 0.1) is 17.8 Å². The Bertz CT molecular complexity index is 765. The predicted octanol–water partition coefficient (Wildman–Crippen LogP) is 5.03. The topological polar surface area (TPSA) is 39.9 Å². The van der Waals surface area contributed by atoms with E-state index in [1.165, 1.54) is 25.7 Å². The van der Waals surface area contributed by atoms with Crippen molar-refractivity contribution in [1.29, 1.82) is 0 Å². The molecule has 2 saturated carbocycles. The first-order valence-corrected chi connectivity index (χ1v) is 9.64. The van der Waals surface area contributed by atoms with Crippen LogP contribution in [-0.2, 0) is 5.41 Å². The molecule has 134 valence electrons. The van der Waals surface area contributed by atoms with Crippen LogP contribution < -0.4 is 4.74 Å². The zero-order valence-corrected chi connectivity index (χ0v) is 16.0. The summed E-state index contributed by atoms with van der Waals surface area (Å²) in [6.45, 7) is 7.18. The van der Waals surface area contributed by atoms with Crippen LogP contribution in [0.25, 0.3) is 5.82 Å². The van der Waals surface area contributed by atoms with E-state index in [9.17, 15) is 0 Å². The highest BCUT2D eigenvalue weighted by Gasteiger charge is 2.39. The molecule has 0 amide bonds. The maximum Gasteiger partial charge on any atom is 0.233 e. The standard InChI is InChI=1S/C20H26ClN3O/c1-20(2,3)16-6-7-17(22-19(16)21)24-9-8-18(23-24)25-12-15-11-13-4-5-14(15)10-13/h6-9,13-15H,4-5,10-12H2,1-3H3/t13-,14+,15?/m1/s1. The third kappa shape index (κ3) is 3.41. The second-order valence-corrected chi connectivity index (χ2v) is 8.96. The van der Waals surface area contributed by atoms with Crippen LogP contribution in [0.5, 0.6) is 5.88 Å². The van der Waals surface area contributed by atoms with Crippen LogP contribution >= 0.6 is 11.6 Å². The number of nitrogens with zero attached hydrogens (tertiary/aromatic N) is 3. The van der Waals surface area contributed by atoms with Crippen LogP contribution in [0.2, 0.25) is 5.15 Å². The lowest BCUT2D eigenvalue weighted by Gasteiger charge is -2.21. The molecule has 5 heteroatoms. The van der Waals surface area contributed by atoms with Crippen molar-refractivity contribution < 1.29 is 4.74 Å². The summed E-state index contributed by atoms with van der Waals surface area (Å²) in [6, 6.07) is 5.89. The molecule has 0 radical (unpaired) electrons. The second-order valence-electron chi connectivity index (χ2n) is 8.60. The number of halogens is 1. The Labute approximate surface area is 154 Å². The molecule has 0 aromatic carbocycles. The Morgan fingerprint density at radius 3 is 2.68 bits per heavy atom. The minimum absolute atomic E-state index is 0.0261. The maximum absolute atomic E-state index is 6.37. The van der Waals surface area contributed by atoms with E-state index in [2.05, 4.69) is 30.9 Å². The SMILES string of the molecule is CC(C)(C)c1ccc(-n2ccc(OCC3C[C@@H]4CC[C@H]3C4)n2)nc1Cl. The van der Waals surface area contributed by atoms with Crippen LogP contribution in [0.1, 0.15) is 52.0 Å². The normalized spacial score (nSPS) is 25.5. The Morgan fingerprint density at radius 2 is 2.04 bits per heavy atom. The quantitative estimate of drug-likeness (QED) is 0.718. The molecule has 25 heavy (non-hydrogen) atoms. The van der Waals surface area contributed by atoms with E-state index in [4.69, 9.17) is 16.3 Å². The molecule has 4 nitrogen and oxygen atoms in total. The summed E-state index contributed by atoms with van der Waals surface area (Å²) in [5.74, 6) is 3.91. The van der Waals surface area contributed by atoms with E-state index in [1.807, 2.05) is 24.4 Å². The minimum Gasteiger partial charge on any atom is -0.476 e. The van der Waals surface area contributed by atoms with Gasteiger partial charge in [0.1, 0.15) is 5.15 Å². The molecule has 0 spiro atoms. The number of aromatic nitrogens is 3. The molecular weight excluding hydrogens is 334 g/mol. The van der Waals surface area contributed by atoms with Crippen molar-refractivity contribution in [3.05, 3.63) is 35.1 Å². The van der Waals surface area contributed by atoms with Crippen LogP contribution in [0.3, 0.4) is 0 Å². The molecule has 2 aliphatic rings.